The van der Waals surface area contributed by atoms with E-state index in [2.05, 4.69) is 4.90 Å². The van der Waals surface area contributed by atoms with E-state index in [1.165, 1.54) is 19.3 Å². The van der Waals surface area contributed by atoms with E-state index in [0.29, 0.717) is 36.3 Å². The van der Waals surface area contributed by atoms with Crippen LogP contribution in [0.5, 0.6) is 0 Å². The fourth-order valence-electron chi connectivity index (χ4n) is 3.14. The van der Waals surface area contributed by atoms with E-state index in [1.807, 2.05) is 0 Å². The van der Waals surface area contributed by atoms with Crippen LogP contribution in [-0.4, -0.2) is 61.1 Å². The first kappa shape index (κ1) is 16.1. The summed E-state index contributed by atoms with van der Waals surface area (Å²) >= 11 is 4.89. The highest BCUT2D eigenvalue weighted by Gasteiger charge is 2.29. The summed E-state index contributed by atoms with van der Waals surface area (Å²) in [5.41, 5.74) is 5.53. The molecule has 0 aromatic heterocycles. The summed E-state index contributed by atoms with van der Waals surface area (Å²) < 4.78 is 26.5. The predicted octanol–water partition coefficient (Wildman–Crippen LogP) is 0.800. The molecule has 2 fully saturated rings. The Bertz CT molecular complexity index is 425. The summed E-state index contributed by atoms with van der Waals surface area (Å²) in [5, 5.41) is 0. The number of nitrogens with two attached hydrogens (primary N) is 1. The minimum absolute atomic E-state index is 0.336. The molecule has 0 spiro atoms. The molecular formula is C13H25N3O2S2. The Kier molecular flexibility index (Phi) is 5.77. The molecule has 1 aliphatic heterocycles. The van der Waals surface area contributed by atoms with Crippen molar-refractivity contribution in [1.82, 2.24) is 9.21 Å². The molecule has 2 N–H and O–H groups in total. The second kappa shape index (κ2) is 7.15. The van der Waals surface area contributed by atoms with E-state index in [1.54, 1.807) is 4.31 Å². The Hall–Kier alpha value is -0.240. The molecule has 0 atom stereocenters. The fraction of sp³-hybridized carbons (Fsp3) is 0.923. The topological polar surface area (TPSA) is 66.6 Å². The number of hydrogen-bond acceptors (Lipinski definition) is 4. The summed E-state index contributed by atoms with van der Waals surface area (Å²) in [4.78, 5) is 2.60. The summed E-state index contributed by atoms with van der Waals surface area (Å²) in [6.07, 6.45) is 5.76. The molecular weight excluding hydrogens is 294 g/mol. The van der Waals surface area contributed by atoms with E-state index < -0.39 is 10.0 Å². The van der Waals surface area contributed by atoms with Gasteiger partial charge in [-0.1, -0.05) is 31.5 Å². The third kappa shape index (κ3) is 4.65. The zero-order chi connectivity index (χ0) is 14.6. The Morgan fingerprint density at radius 1 is 1.10 bits per heavy atom. The molecule has 116 valence electrons. The summed E-state index contributed by atoms with van der Waals surface area (Å²) in [7, 11) is -3.09. The van der Waals surface area contributed by atoms with Gasteiger partial charge in [0.25, 0.3) is 0 Å². The molecule has 20 heavy (non-hydrogen) atoms. The first-order chi connectivity index (χ1) is 9.47. The van der Waals surface area contributed by atoms with Crippen molar-refractivity contribution in [3.63, 3.8) is 0 Å². The summed E-state index contributed by atoms with van der Waals surface area (Å²) in [6.45, 7) is 3.17. The lowest BCUT2D eigenvalue weighted by Crippen LogP contribution is -2.51. The molecule has 2 aliphatic rings. The van der Waals surface area contributed by atoms with Gasteiger partial charge >= 0.3 is 0 Å². The minimum atomic E-state index is -3.09. The third-order valence-corrected chi connectivity index (χ3v) is 6.45. The van der Waals surface area contributed by atoms with Crippen molar-refractivity contribution in [2.45, 2.75) is 32.1 Å². The highest BCUT2D eigenvalue weighted by molar-refractivity contribution is 7.89. The molecule has 0 radical (unpaired) electrons. The van der Waals surface area contributed by atoms with Gasteiger partial charge in [0.15, 0.2) is 0 Å². The molecule has 0 aromatic carbocycles. The van der Waals surface area contributed by atoms with Crippen LogP contribution in [0.1, 0.15) is 32.1 Å². The van der Waals surface area contributed by atoms with Gasteiger partial charge in [-0.3, -0.25) is 4.90 Å². The van der Waals surface area contributed by atoms with Crippen LogP contribution in [0.3, 0.4) is 0 Å². The van der Waals surface area contributed by atoms with Crippen LogP contribution in [0.25, 0.3) is 0 Å². The molecule has 0 bridgehead atoms. The second-order valence-electron chi connectivity index (χ2n) is 5.92. The summed E-state index contributed by atoms with van der Waals surface area (Å²) in [5.74, 6) is 0.700. The number of sulfonamides is 1. The maximum Gasteiger partial charge on any atom is 0.214 e. The van der Waals surface area contributed by atoms with Crippen molar-refractivity contribution in [3.05, 3.63) is 0 Å². The van der Waals surface area contributed by atoms with Crippen molar-refractivity contribution in [3.8, 4) is 0 Å². The van der Waals surface area contributed by atoms with Gasteiger partial charge in [0.2, 0.25) is 10.0 Å². The van der Waals surface area contributed by atoms with Gasteiger partial charge in [0, 0.05) is 32.7 Å². The van der Waals surface area contributed by atoms with E-state index in [9.17, 15) is 8.42 Å². The highest BCUT2D eigenvalue weighted by Crippen LogP contribution is 2.26. The van der Waals surface area contributed by atoms with E-state index >= 15 is 0 Å². The zero-order valence-electron chi connectivity index (χ0n) is 12.0. The van der Waals surface area contributed by atoms with Gasteiger partial charge in [-0.15, -0.1) is 0 Å². The average Bonchev–Trinajstić information content (AvgIpc) is 2.39. The van der Waals surface area contributed by atoms with Crippen LogP contribution < -0.4 is 5.73 Å². The van der Waals surface area contributed by atoms with Gasteiger partial charge in [-0.25, -0.2) is 8.42 Å². The Labute approximate surface area is 127 Å². The van der Waals surface area contributed by atoms with Gasteiger partial charge in [-0.05, 0) is 18.8 Å². The van der Waals surface area contributed by atoms with Crippen molar-refractivity contribution in [1.29, 1.82) is 0 Å². The lowest BCUT2D eigenvalue weighted by molar-refractivity contribution is 0.208. The van der Waals surface area contributed by atoms with Crippen LogP contribution in [0, 0.1) is 5.92 Å². The van der Waals surface area contributed by atoms with Gasteiger partial charge in [0.05, 0.1) is 10.7 Å². The lowest BCUT2D eigenvalue weighted by Gasteiger charge is -2.34. The second-order valence-corrected chi connectivity index (χ2v) is 8.46. The number of nitrogens with zero attached hydrogens (tertiary/aromatic N) is 2. The fourth-order valence-corrected chi connectivity index (χ4v) is 5.19. The van der Waals surface area contributed by atoms with Crippen LogP contribution in [0.4, 0.5) is 0 Å². The maximum absolute atomic E-state index is 12.4. The van der Waals surface area contributed by atoms with Crippen molar-refractivity contribution < 1.29 is 8.42 Å². The molecule has 0 amide bonds. The largest absolute Gasteiger partial charge is 0.392 e. The smallest absolute Gasteiger partial charge is 0.214 e. The van der Waals surface area contributed by atoms with Crippen LogP contribution in [0.15, 0.2) is 0 Å². The van der Waals surface area contributed by atoms with Gasteiger partial charge in [-0.2, -0.15) is 4.31 Å². The highest BCUT2D eigenvalue weighted by atomic mass is 32.2. The SMILES string of the molecule is NC(=S)CN1CCN(S(=O)(=O)CC2CCCCC2)CC1. The zero-order valence-corrected chi connectivity index (χ0v) is 13.6. The van der Waals surface area contributed by atoms with E-state index in [-0.39, 0.29) is 0 Å². The van der Waals surface area contributed by atoms with Crippen molar-refractivity contribution in [2.75, 3.05) is 38.5 Å². The maximum atomic E-state index is 12.4. The van der Waals surface area contributed by atoms with Crippen LogP contribution in [0.2, 0.25) is 0 Å². The summed E-state index contributed by atoms with van der Waals surface area (Å²) in [6, 6.07) is 0. The Balaban J connectivity index is 1.83. The molecule has 0 unspecified atom stereocenters. The number of rotatable bonds is 5. The first-order valence-electron chi connectivity index (χ1n) is 7.46. The van der Waals surface area contributed by atoms with E-state index in [0.717, 1.165) is 25.9 Å². The van der Waals surface area contributed by atoms with Crippen molar-refractivity contribution in [2.24, 2.45) is 11.7 Å². The van der Waals surface area contributed by atoms with Crippen LogP contribution in [-0.2, 0) is 10.0 Å². The molecule has 1 heterocycles. The average molecular weight is 319 g/mol. The molecule has 7 heteroatoms. The third-order valence-electron chi connectivity index (χ3n) is 4.28. The van der Waals surface area contributed by atoms with Crippen LogP contribution >= 0.6 is 12.2 Å². The quantitative estimate of drug-likeness (QED) is 0.759. The predicted molar refractivity (Wildman–Crippen MR) is 85.2 cm³/mol. The molecule has 1 saturated carbocycles. The molecule has 1 aliphatic carbocycles. The molecule has 2 rings (SSSR count). The molecule has 1 saturated heterocycles. The first-order valence-corrected chi connectivity index (χ1v) is 9.47. The Morgan fingerprint density at radius 3 is 2.25 bits per heavy atom. The van der Waals surface area contributed by atoms with Gasteiger partial charge in [0.1, 0.15) is 0 Å². The van der Waals surface area contributed by atoms with Gasteiger partial charge < -0.3 is 5.73 Å². The minimum Gasteiger partial charge on any atom is -0.392 e. The monoisotopic (exact) mass is 319 g/mol. The standard InChI is InChI=1S/C13H25N3O2S2/c14-13(19)10-15-6-8-16(9-7-15)20(17,18)11-12-4-2-1-3-5-12/h12H,1-11H2,(H2,14,19). The Morgan fingerprint density at radius 2 is 1.70 bits per heavy atom. The lowest BCUT2D eigenvalue weighted by atomic mass is 9.91. The number of thiocarbonyl (C=S) groups is 1. The normalized spacial score (nSPS) is 23.8. The molecule has 0 aromatic rings. The molecule has 5 nitrogen and oxygen atoms in total. The number of hydrogen-bond donors (Lipinski definition) is 1. The van der Waals surface area contributed by atoms with E-state index in [4.69, 9.17) is 18.0 Å². The number of piperazine rings is 1. The van der Waals surface area contributed by atoms with Crippen molar-refractivity contribution >= 4 is 27.2 Å².